The number of rotatable bonds is 5. The molecule has 2 saturated heterocycles. The molecule has 3 aliphatic rings. The average molecular weight is 480 g/mol. The molecule has 5 rings (SSSR count). The van der Waals surface area contributed by atoms with Gasteiger partial charge in [0.1, 0.15) is 11.7 Å². The van der Waals surface area contributed by atoms with Crippen molar-refractivity contribution in [2.24, 2.45) is 11.8 Å². The Hall–Kier alpha value is -2.24. The maximum atomic E-state index is 15.4. The third kappa shape index (κ3) is 4.42. The number of benzene rings is 2. The Morgan fingerprint density at radius 3 is 2.74 bits per heavy atom. The third-order valence-electron chi connectivity index (χ3n) is 9.14. The summed E-state index contributed by atoms with van der Waals surface area (Å²) in [5.74, 6) is 0.721. The highest BCUT2D eigenvalue weighted by atomic mass is 19.1. The zero-order valence-electron chi connectivity index (χ0n) is 21.2. The lowest BCUT2D eigenvalue weighted by Crippen LogP contribution is -2.82. The standard InChI is InChI=1S/C30H39FN2O2/c1-3-21(4-2)27-17-24(22-9-6-5-7-10-22)13-15-33(27)29(34)25-18-32-19-30(25)20-35-16-14-23-11-8-12-26(31)28(23)30/h5-12,21,24-25,27,32H,3-4,13-20H2,1-2H3/p+1/t24-,25+,27+,30+/m1/s1. The number of carbonyl (C=O) groups excluding carboxylic acids is 1. The lowest BCUT2D eigenvalue weighted by molar-refractivity contribution is -0.640. The van der Waals surface area contributed by atoms with Gasteiger partial charge in [0.15, 0.2) is 0 Å². The average Bonchev–Trinajstić information content (AvgIpc) is 3.21. The summed E-state index contributed by atoms with van der Waals surface area (Å²) in [7, 11) is 0. The van der Waals surface area contributed by atoms with Crippen LogP contribution in [0.4, 0.5) is 4.39 Å². The molecule has 4 nitrogen and oxygen atoms in total. The monoisotopic (exact) mass is 479 g/mol. The molecule has 35 heavy (non-hydrogen) atoms. The molecule has 4 atom stereocenters. The fourth-order valence-corrected chi connectivity index (χ4v) is 7.27. The van der Waals surface area contributed by atoms with Gasteiger partial charge in [-0.25, -0.2) is 4.39 Å². The second-order valence-corrected chi connectivity index (χ2v) is 10.8. The second-order valence-electron chi connectivity index (χ2n) is 10.8. The molecule has 188 valence electrons. The molecule has 2 N–H and O–H groups in total. The zero-order valence-corrected chi connectivity index (χ0v) is 21.2. The third-order valence-corrected chi connectivity index (χ3v) is 9.14. The van der Waals surface area contributed by atoms with E-state index in [1.165, 1.54) is 5.56 Å². The lowest BCUT2D eigenvalue weighted by Gasteiger charge is -2.45. The largest absolute Gasteiger partial charge is 0.380 e. The van der Waals surface area contributed by atoms with Crippen molar-refractivity contribution < 1.29 is 19.2 Å². The van der Waals surface area contributed by atoms with Crippen molar-refractivity contribution in [2.75, 3.05) is 32.8 Å². The summed E-state index contributed by atoms with van der Waals surface area (Å²) in [5, 5.41) is 2.20. The second kappa shape index (κ2) is 10.4. The van der Waals surface area contributed by atoms with Gasteiger partial charge in [0.2, 0.25) is 5.91 Å². The van der Waals surface area contributed by atoms with Crippen LogP contribution in [0.5, 0.6) is 0 Å². The maximum absolute atomic E-state index is 15.4. The molecular weight excluding hydrogens is 439 g/mol. The molecule has 5 heteroatoms. The normalized spacial score (nSPS) is 28.8. The highest BCUT2D eigenvalue weighted by molar-refractivity contribution is 5.82. The Bertz CT molecular complexity index is 1020. The molecule has 0 radical (unpaired) electrons. The number of ether oxygens (including phenoxy) is 1. The molecule has 0 aromatic heterocycles. The number of piperidine rings is 1. The molecule has 1 spiro atoms. The van der Waals surface area contributed by atoms with E-state index in [2.05, 4.69) is 54.4 Å². The van der Waals surface area contributed by atoms with Crippen LogP contribution in [0.2, 0.25) is 0 Å². The molecule has 0 saturated carbocycles. The van der Waals surface area contributed by atoms with Crippen molar-refractivity contribution in [3.8, 4) is 0 Å². The van der Waals surface area contributed by atoms with E-state index >= 15 is 4.39 Å². The van der Waals surface area contributed by atoms with Gasteiger partial charge in [-0.1, -0.05) is 69.2 Å². The van der Waals surface area contributed by atoms with E-state index in [9.17, 15) is 4.79 Å². The van der Waals surface area contributed by atoms with E-state index < -0.39 is 5.41 Å². The van der Waals surface area contributed by atoms with E-state index in [0.29, 0.717) is 44.6 Å². The number of halogens is 1. The highest BCUT2D eigenvalue weighted by Crippen LogP contribution is 2.43. The van der Waals surface area contributed by atoms with Crippen LogP contribution in [-0.2, 0) is 21.4 Å². The van der Waals surface area contributed by atoms with Gasteiger partial charge >= 0.3 is 0 Å². The quantitative estimate of drug-likeness (QED) is 0.704. The Morgan fingerprint density at radius 1 is 1.17 bits per heavy atom. The molecule has 2 aromatic carbocycles. The zero-order chi connectivity index (χ0) is 24.4. The van der Waals surface area contributed by atoms with Gasteiger partial charge < -0.3 is 15.0 Å². The smallest absolute Gasteiger partial charge is 0.232 e. The fraction of sp³-hybridized carbons (Fsp3) is 0.567. The minimum Gasteiger partial charge on any atom is -0.380 e. The summed E-state index contributed by atoms with van der Waals surface area (Å²) in [6.45, 7) is 7.67. The van der Waals surface area contributed by atoms with Crippen molar-refractivity contribution in [1.82, 2.24) is 4.90 Å². The fourth-order valence-electron chi connectivity index (χ4n) is 7.27. The lowest BCUT2D eigenvalue weighted by atomic mass is 9.69. The minimum absolute atomic E-state index is 0.180. The Labute approximate surface area is 209 Å². The molecule has 1 amide bonds. The van der Waals surface area contributed by atoms with E-state index in [1.807, 2.05) is 6.07 Å². The van der Waals surface area contributed by atoms with Crippen molar-refractivity contribution in [2.45, 2.75) is 63.3 Å². The van der Waals surface area contributed by atoms with E-state index in [-0.39, 0.29) is 23.7 Å². The van der Waals surface area contributed by atoms with Crippen LogP contribution in [0.15, 0.2) is 48.5 Å². The summed E-state index contributed by atoms with van der Waals surface area (Å²) in [6.07, 6.45) is 4.82. The molecule has 3 aliphatic heterocycles. The molecule has 2 fully saturated rings. The minimum atomic E-state index is -0.594. The number of amides is 1. The first-order valence-corrected chi connectivity index (χ1v) is 13.6. The molecule has 3 heterocycles. The molecular formula is C30H40FN2O2+. The Morgan fingerprint density at radius 2 is 1.97 bits per heavy atom. The SMILES string of the molecule is CCC(CC)[C@@H]1C[C@H](c2ccccc2)CCN1C(=O)[C@@H]1C[NH2+]C[C@]12COCCc1cccc(F)c12. The molecule has 0 unspecified atom stereocenters. The number of hydrogen-bond acceptors (Lipinski definition) is 2. The summed E-state index contributed by atoms with van der Waals surface area (Å²) in [6, 6.07) is 16.4. The predicted molar refractivity (Wildman–Crippen MR) is 136 cm³/mol. The summed E-state index contributed by atoms with van der Waals surface area (Å²) in [4.78, 5) is 16.6. The van der Waals surface area contributed by atoms with Gasteiger partial charge in [-0.15, -0.1) is 0 Å². The number of carbonyl (C=O) groups is 1. The van der Waals surface area contributed by atoms with Crippen LogP contribution < -0.4 is 5.32 Å². The topological polar surface area (TPSA) is 46.2 Å². The summed E-state index contributed by atoms with van der Waals surface area (Å²) in [5.41, 5.74) is 2.54. The first-order valence-electron chi connectivity index (χ1n) is 13.6. The van der Waals surface area contributed by atoms with Crippen molar-refractivity contribution >= 4 is 5.91 Å². The number of nitrogens with zero attached hydrogens (tertiary/aromatic N) is 1. The van der Waals surface area contributed by atoms with E-state index in [1.54, 1.807) is 12.1 Å². The van der Waals surface area contributed by atoms with Crippen LogP contribution in [0.25, 0.3) is 0 Å². The maximum Gasteiger partial charge on any atom is 0.232 e. The van der Waals surface area contributed by atoms with Crippen LogP contribution >= 0.6 is 0 Å². The number of quaternary nitrogens is 1. The first kappa shape index (κ1) is 24.5. The molecule has 0 aliphatic carbocycles. The predicted octanol–water partition coefficient (Wildman–Crippen LogP) is 4.04. The summed E-state index contributed by atoms with van der Waals surface area (Å²) >= 11 is 0. The van der Waals surface area contributed by atoms with E-state index in [0.717, 1.165) is 43.4 Å². The van der Waals surface area contributed by atoms with Gasteiger partial charge in [0.25, 0.3) is 0 Å². The number of hydrogen-bond donors (Lipinski definition) is 1. The number of fused-ring (bicyclic) bond motifs is 2. The number of likely N-dealkylation sites (tertiary alicyclic amines) is 1. The van der Waals surface area contributed by atoms with Gasteiger partial charge in [-0.05, 0) is 48.3 Å². The van der Waals surface area contributed by atoms with Gasteiger partial charge in [0, 0.05) is 18.2 Å². The number of nitrogens with two attached hydrogens (primary N) is 1. The highest BCUT2D eigenvalue weighted by Gasteiger charge is 2.56. The molecule has 0 bridgehead atoms. The molecule has 2 aromatic rings. The van der Waals surface area contributed by atoms with Crippen LogP contribution in [0.1, 0.15) is 62.1 Å². The van der Waals surface area contributed by atoms with Crippen molar-refractivity contribution in [3.05, 3.63) is 71.0 Å². The Kier molecular flexibility index (Phi) is 7.26. The van der Waals surface area contributed by atoms with Crippen LogP contribution in [0, 0.1) is 17.7 Å². The van der Waals surface area contributed by atoms with Crippen LogP contribution in [-0.4, -0.2) is 49.7 Å². The van der Waals surface area contributed by atoms with Gasteiger partial charge in [-0.2, -0.15) is 0 Å². The van der Waals surface area contributed by atoms with Crippen molar-refractivity contribution in [3.63, 3.8) is 0 Å². The van der Waals surface area contributed by atoms with Crippen molar-refractivity contribution in [1.29, 1.82) is 0 Å². The first-order chi connectivity index (χ1) is 17.1. The van der Waals surface area contributed by atoms with E-state index in [4.69, 9.17) is 4.74 Å². The summed E-state index contributed by atoms with van der Waals surface area (Å²) < 4.78 is 21.5. The van der Waals surface area contributed by atoms with Crippen LogP contribution in [0.3, 0.4) is 0 Å². The Balaban J connectivity index is 1.48. The van der Waals surface area contributed by atoms with Gasteiger partial charge in [0.05, 0.1) is 31.7 Å². The van der Waals surface area contributed by atoms with Gasteiger partial charge in [-0.3, -0.25) is 4.79 Å².